The van der Waals surface area contributed by atoms with Crippen molar-refractivity contribution in [1.82, 2.24) is 9.91 Å². The van der Waals surface area contributed by atoms with Crippen LogP contribution in [-0.4, -0.2) is 60.4 Å². The van der Waals surface area contributed by atoms with E-state index in [-0.39, 0.29) is 12.0 Å². The maximum absolute atomic E-state index is 11.6. The Labute approximate surface area is 126 Å². The smallest absolute Gasteiger partial charge is 0.433 e. The number of cyclic esters (lactones) is 1. The molecule has 2 rings (SSSR count). The maximum Gasteiger partial charge on any atom is 0.433 e. The van der Waals surface area contributed by atoms with Gasteiger partial charge in [-0.25, -0.2) is 4.79 Å². The lowest BCUT2D eigenvalue weighted by molar-refractivity contribution is -0.402. The Morgan fingerprint density at radius 3 is 2.95 bits per heavy atom. The van der Waals surface area contributed by atoms with Crippen LogP contribution in [0.15, 0.2) is 27.7 Å². The number of nitrogens with zero attached hydrogens (tertiary/aromatic N) is 4. The van der Waals surface area contributed by atoms with Crippen molar-refractivity contribution in [2.45, 2.75) is 6.10 Å². The number of allylic oxidation sites excluding steroid dienone is 1. The first-order valence-corrected chi connectivity index (χ1v) is 6.53. The summed E-state index contributed by atoms with van der Waals surface area (Å²) < 4.78 is 10.1. The first kappa shape index (κ1) is 15.7. The third-order valence-electron chi connectivity index (χ3n) is 2.77. The van der Waals surface area contributed by atoms with Crippen molar-refractivity contribution in [3.05, 3.63) is 34.1 Å². The molecule has 22 heavy (non-hydrogen) atoms. The largest absolute Gasteiger partial charge is 0.441 e. The van der Waals surface area contributed by atoms with Crippen LogP contribution in [-0.2, 0) is 4.74 Å². The van der Waals surface area contributed by atoms with E-state index in [1.807, 2.05) is 19.0 Å². The maximum atomic E-state index is 11.6. The highest BCUT2D eigenvalue weighted by Crippen LogP contribution is 2.16. The molecule has 1 aliphatic rings. The minimum absolute atomic E-state index is 0.212. The zero-order chi connectivity index (χ0) is 16.1. The van der Waals surface area contributed by atoms with Crippen LogP contribution in [0, 0.1) is 10.1 Å². The Bertz CT molecular complexity index is 607. The molecular formula is C13H16N4O5. The summed E-state index contributed by atoms with van der Waals surface area (Å²) in [4.78, 5) is 23.3. The lowest BCUT2D eigenvalue weighted by Gasteiger charge is -2.13. The van der Waals surface area contributed by atoms with Crippen molar-refractivity contribution >= 4 is 24.3 Å². The van der Waals surface area contributed by atoms with E-state index in [2.05, 4.69) is 5.10 Å². The van der Waals surface area contributed by atoms with Crippen molar-refractivity contribution in [2.75, 3.05) is 27.2 Å². The fraction of sp³-hybridized carbons (Fsp3) is 0.385. The number of carbonyl (C=O) groups excluding carboxylic acids is 1. The van der Waals surface area contributed by atoms with Crippen LogP contribution < -0.4 is 0 Å². The number of hydrazone groups is 1. The second-order valence-corrected chi connectivity index (χ2v) is 4.91. The van der Waals surface area contributed by atoms with E-state index in [9.17, 15) is 14.9 Å². The van der Waals surface area contributed by atoms with Crippen molar-refractivity contribution in [3.63, 3.8) is 0 Å². The standard InChI is InChI=1S/C13H16N4O5/c1-15(2)8-11-9-16(13(18)22-11)14-7-3-4-10-5-6-12(21-10)17(19)20/h3-7,11H,8-9H2,1-2H3/b4-3+,14-7+. The molecule has 9 nitrogen and oxygen atoms in total. The first-order valence-electron chi connectivity index (χ1n) is 6.53. The van der Waals surface area contributed by atoms with E-state index < -0.39 is 11.0 Å². The third kappa shape index (κ3) is 4.16. The average Bonchev–Trinajstić information content (AvgIpc) is 3.01. The predicted octanol–water partition coefficient (Wildman–Crippen LogP) is 1.57. The van der Waals surface area contributed by atoms with Gasteiger partial charge in [0.25, 0.3) is 0 Å². The van der Waals surface area contributed by atoms with Crippen molar-refractivity contribution in [3.8, 4) is 0 Å². The van der Waals surface area contributed by atoms with Crippen molar-refractivity contribution < 1.29 is 18.9 Å². The predicted molar refractivity (Wildman–Crippen MR) is 78.4 cm³/mol. The molecule has 0 radical (unpaired) electrons. The van der Waals surface area contributed by atoms with E-state index >= 15 is 0 Å². The van der Waals surface area contributed by atoms with Gasteiger partial charge in [-0.1, -0.05) is 0 Å². The number of furan rings is 1. The minimum atomic E-state index is -0.615. The summed E-state index contributed by atoms with van der Waals surface area (Å²) in [5.74, 6) is -0.00105. The normalized spacial score (nSPS) is 18.8. The quantitative estimate of drug-likeness (QED) is 0.449. The highest BCUT2D eigenvalue weighted by Gasteiger charge is 2.31. The molecule has 0 saturated carbocycles. The summed E-state index contributed by atoms with van der Waals surface area (Å²) in [7, 11) is 3.79. The van der Waals surface area contributed by atoms with Gasteiger partial charge in [-0.05, 0) is 32.3 Å². The molecule has 0 N–H and O–H groups in total. The van der Waals surface area contributed by atoms with E-state index in [1.165, 1.54) is 35.5 Å². The van der Waals surface area contributed by atoms with Gasteiger partial charge in [-0.3, -0.25) is 10.1 Å². The zero-order valence-electron chi connectivity index (χ0n) is 12.2. The average molecular weight is 308 g/mol. The molecule has 118 valence electrons. The molecule has 1 atom stereocenters. The Morgan fingerprint density at radius 1 is 1.55 bits per heavy atom. The second-order valence-electron chi connectivity index (χ2n) is 4.91. The topological polar surface area (TPSA) is 101 Å². The van der Waals surface area contributed by atoms with Gasteiger partial charge >= 0.3 is 12.0 Å². The summed E-state index contributed by atoms with van der Waals surface area (Å²) in [6.45, 7) is 1.01. The molecule has 0 aromatic carbocycles. The van der Waals surface area contributed by atoms with E-state index in [4.69, 9.17) is 9.15 Å². The molecule has 1 amide bonds. The molecule has 1 unspecified atom stereocenters. The molecule has 1 aromatic rings. The summed E-state index contributed by atoms with van der Waals surface area (Å²) in [5, 5.41) is 15.7. The number of amides is 1. The van der Waals surface area contributed by atoms with Crippen LogP contribution in [0.3, 0.4) is 0 Å². The number of nitro groups is 1. The lowest BCUT2D eigenvalue weighted by Crippen LogP contribution is -2.28. The number of hydrogen-bond donors (Lipinski definition) is 0. The molecule has 2 heterocycles. The summed E-state index contributed by atoms with van der Waals surface area (Å²) in [6.07, 6.45) is 3.72. The van der Waals surface area contributed by atoms with Gasteiger partial charge in [-0.15, -0.1) is 0 Å². The highest BCUT2D eigenvalue weighted by atomic mass is 16.6. The highest BCUT2D eigenvalue weighted by molar-refractivity contribution is 5.79. The van der Waals surface area contributed by atoms with Gasteiger partial charge in [0, 0.05) is 12.8 Å². The summed E-state index contributed by atoms with van der Waals surface area (Å²) in [6, 6.07) is 2.74. The van der Waals surface area contributed by atoms with Crippen LogP contribution in [0.25, 0.3) is 6.08 Å². The lowest BCUT2D eigenvalue weighted by atomic mass is 10.3. The molecule has 1 aromatic heterocycles. The van der Waals surface area contributed by atoms with Gasteiger partial charge in [0.15, 0.2) is 0 Å². The Hall–Kier alpha value is -2.68. The van der Waals surface area contributed by atoms with Crippen molar-refractivity contribution in [2.24, 2.45) is 5.10 Å². The number of ether oxygens (including phenoxy) is 1. The fourth-order valence-electron chi connectivity index (χ4n) is 1.89. The number of carbonyl (C=O) groups is 1. The van der Waals surface area contributed by atoms with Gasteiger partial charge in [-0.2, -0.15) is 10.1 Å². The van der Waals surface area contributed by atoms with Crippen molar-refractivity contribution in [1.29, 1.82) is 0 Å². The van der Waals surface area contributed by atoms with Gasteiger partial charge < -0.3 is 14.1 Å². The van der Waals surface area contributed by atoms with Gasteiger partial charge in [0.2, 0.25) is 0 Å². The summed E-state index contributed by atoms with van der Waals surface area (Å²) >= 11 is 0. The minimum Gasteiger partial charge on any atom is -0.441 e. The molecule has 1 aliphatic heterocycles. The molecule has 1 saturated heterocycles. The van der Waals surface area contributed by atoms with E-state index in [0.717, 1.165) is 0 Å². The van der Waals surface area contributed by atoms with Gasteiger partial charge in [0.05, 0.1) is 12.6 Å². The molecule has 0 bridgehead atoms. The Balaban J connectivity index is 1.87. The molecular weight excluding hydrogens is 292 g/mol. The molecule has 1 fully saturated rings. The van der Waals surface area contributed by atoms with Crippen LogP contribution in [0.4, 0.5) is 10.7 Å². The second kappa shape index (κ2) is 6.85. The van der Waals surface area contributed by atoms with Crippen LogP contribution in [0.2, 0.25) is 0 Å². The molecule has 0 aliphatic carbocycles. The van der Waals surface area contributed by atoms with Gasteiger partial charge in [0.1, 0.15) is 16.8 Å². The molecule has 9 heteroatoms. The monoisotopic (exact) mass is 308 g/mol. The SMILES string of the molecule is CN(C)CC1CN(/N=C/C=C/c2ccc([N+](=O)[O-])o2)C(=O)O1. The zero-order valence-corrected chi connectivity index (χ0v) is 12.2. The summed E-state index contributed by atoms with van der Waals surface area (Å²) in [5.41, 5.74) is 0. The number of rotatable bonds is 6. The first-order chi connectivity index (χ1) is 10.5. The number of hydrogen-bond acceptors (Lipinski definition) is 7. The van der Waals surface area contributed by atoms with Crippen LogP contribution in [0.1, 0.15) is 5.76 Å². The van der Waals surface area contributed by atoms with Crippen LogP contribution in [0.5, 0.6) is 0 Å². The third-order valence-corrected chi connectivity index (χ3v) is 2.77. The molecule has 0 spiro atoms. The van der Waals surface area contributed by atoms with Crippen LogP contribution >= 0.6 is 0 Å². The Morgan fingerprint density at radius 2 is 2.32 bits per heavy atom. The number of likely N-dealkylation sites (N-methyl/N-ethyl adjacent to an activating group) is 1. The van der Waals surface area contributed by atoms with E-state index in [0.29, 0.717) is 18.8 Å². The fourth-order valence-corrected chi connectivity index (χ4v) is 1.89. The van der Waals surface area contributed by atoms with E-state index in [1.54, 1.807) is 0 Å². The Kier molecular flexibility index (Phi) is 4.89.